The molecule has 0 radical (unpaired) electrons. The third-order valence-electron chi connectivity index (χ3n) is 4.61. The minimum atomic E-state index is -3.53. The van der Waals surface area contributed by atoms with Gasteiger partial charge in [0.15, 0.2) is 0 Å². The second-order valence-electron chi connectivity index (χ2n) is 5.90. The van der Waals surface area contributed by atoms with Crippen molar-refractivity contribution in [3.8, 4) is 0 Å². The topological polar surface area (TPSA) is 66.1 Å². The van der Waals surface area contributed by atoms with E-state index >= 15 is 0 Å². The fourth-order valence-corrected chi connectivity index (χ4v) is 5.61. The Bertz CT molecular complexity index is 800. The van der Waals surface area contributed by atoms with Crippen LogP contribution in [-0.2, 0) is 16.4 Å². The number of halogens is 1. The molecule has 2 aromatic rings. The molecule has 4 rings (SSSR count). The monoisotopic (exact) mass is 337 g/mol. The van der Waals surface area contributed by atoms with E-state index in [-0.39, 0.29) is 12.1 Å². The number of sulfonamides is 1. The number of piperidine rings is 1. The van der Waals surface area contributed by atoms with Crippen molar-refractivity contribution in [2.45, 2.75) is 42.7 Å². The van der Waals surface area contributed by atoms with Crippen LogP contribution in [0.25, 0.3) is 0 Å². The number of benzene rings is 1. The predicted octanol–water partition coefficient (Wildman–Crippen LogP) is 2.90. The number of hydrogen-bond acceptors (Lipinski definition) is 3. The van der Waals surface area contributed by atoms with Crippen molar-refractivity contribution in [1.29, 1.82) is 0 Å². The third kappa shape index (κ3) is 2.09. The summed E-state index contributed by atoms with van der Waals surface area (Å²) in [5.74, 6) is 0. The number of nitrogens with zero attached hydrogens (tertiary/aromatic N) is 2. The lowest BCUT2D eigenvalue weighted by atomic mass is 9.86. The maximum absolute atomic E-state index is 13.1. The zero-order valence-corrected chi connectivity index (χ0v) is 13.4. The van der Waals surface area contributed by atoms with Gasteiger partial charge in [-0.25, -0.2) is 8.42 Å². The molecule has 2 aliphatic rings. The summed E-state index contributed by atoms with van der Waals surface area (Å²) in [4.78, 5) is 0.303. The second kappa shape index (κ2) is 5.08. The summed E-state index contributed by atoms with van der Waals surface area (Å²) in [5, 5.41) is 7.64. The molecule has 1 fully saturated rings. The molecule has 0 spiro atoms. The molecule has 22 heavy (non-hydrogen) atoms. The summed E-state index contributed by atoms with van der Waals surface area (Å²) >= 11 is 5.87. The van der Waals surface area contributed by atoms with Crippen LogP contribution >= 0.6 is 11.6 Å². The van der Waals surface area contributed by atoms with Crippen LogP contribution < -0.4 is 0 Å². The van der Waals surface area contributed by atoms with Crippen LogP contribution in [0.4, 0.5) is 0 Å². The Morgan fingerprint density at radius 2 is 2.00 bits per heavy atom. The summed E-state index contributed by atoms with van der Waals surface area (Å²) < 4.78 is 27.9. The SMILES string of the molecule is O=S(=O)(c1ccc(Cl)cc1)N1C2CCCC1c1[nH]ncc1C2. The zero-order chi connectivity index (χ0) is 15.3. The molecule has 5 nitrogen and oxygen atoms in total. The standard InChI is InChI=1S/C15H16ClN3O2S/c16-11-4-6-13(7-5-11)22(20,21)19-12-2-1-3-14(19)15-10(8-12)9-17-18-15/h4-7,9,12,14H,1-3,8H2,(H,17,18). The molecule has 2 aliphatic heterocycles. The van der Waals surface area contributed by atoms with Gasteiger partial charge in [0.1, 0.15) is 0 Å². The Labute approximate surface area is 134 Å². The molecule has 2 bridgehead atoms. The third-order valence-corrected chi connectivity index (χ3v) is 6.84. The Morgan fingerprint density at radius 3 is 2.77 bits per heavy atom. The number of aromatic nitrogens is 2. The van der Waals surface area contributed by atoms with Crippen molar-refractivity contribution in [3.63, 3.8) is 0 Å². The van der Waals surface area contributed by atoms with E-state index < -0.39 is 10.0 Å². The molecular formula is C15H16ClN3O2S. The summed E-state index contributed by atoms with van der Waals surface area (Å²) in [5.41, 5.74) is 2.10. The minimum Gasteiger partial charge on any atom is -0.281 e. The lowest BCUT2D eigenvalue weighted by Gasteiger charge is -2.44. The molecule has 3 heterocycles. The van der Waals surface area contributed by atoms with Gasteiger partial charge in [-0.1, -0.05) is 11.6 Å². The quantitative estimate of drug-likeness (QED) is 0.916. The van der Waals surface area contributed by atoms with Gasteiger partial charge in [-0.15, -0.1) is 0 Å². The van der Waals surface area contributed by atoms with Crippen molar-refractivity contribution in [2.24, 2.45) is 0 Å². The van der Waals surface area contributed by atoms with E-state index in [2.05, 4.69) is 10.2 Å². The van der Waals surface area contributed by atoms with E-state index in [1.807, 2.05) is 6.20 Å². The first-order valence-electron chi connectivity index (χ1n) is 7.38. The minimum absolute atomic E-state index is 0.0181. The fraction of sp³-hybridized carbons (Fsp3) is 0.400. The highest BCUT2D eigenvalue weighted by atomic mass is 35.5. The average molecular weight is 338 g/mol. The Morgan fingerprint density at radius 1 is 1.23 bits per heavy atom. The van der Waals surface area contributed by atoms with Crippen LogP contribution in [0.5, 0.6) is 0 Å². The van der Waals surface area contributed by atoms with Crippen molar-refractivity contribution < 1.29 is 8.42 Å². The van der Waals surface area contributed by atoms with E-state index in [4.69, 9.17) is 11.6 Å². The number of rotatable bonds is 2. The van der Waals surface area contributed by atoms with Crippen molar-refractivity contribution in [2.75, 3.05) is 0 Å². The molecule has 116 valence electrons. The molecule has 7 heteroatoms. The number of nitrogens with one attached hydrogen (secondary N) is 1. The lowest BCUT2D eigenvalue weighted by Crippen LogP contribution is -2.49. The zero-order valence-electron chi connectivity index (χ0n) is 11.9. The molecule has 2 unspecified atom stereocenters. The molecule has 1 saturated heterocycles. The summed E-state index contributed by atoms with van der Waals surface area (Å²) in [6, 6.07) is 6.28. The molecule has 1 aromatic carbocycles. The van der Waals surface area contributed by atoms with Crippen molar-refractivity contribution in [3.05, 3.63) is 46.7 Å². The number of fused-ring (bicyclic) bond motifs is 4. The molecule has 1 N–H and O–H groups in total. The van der Waals surface area contributed by atoms with Crippen LogP contribution in [0.1, 0.15) is 36.6 Å². The highest BCUT2D eigenvalue weighted by molar-refractivity contribution is 7.89. The van der Waals surface area contributed by atoms with Gasteiger partial charge in [0, 0.05) is 11.1 Å². The lowest BCUT2D eigenvalue weighted by molar-refractivity contribution is 0.160. The molecule has 0 amide bonds. The summed E-state index contributed by atoms with van der Waals surface area (Å²) in [7, 11) is -3.53. The molecule has 0 saturated carbocycles. The van der Waals surface area contributed by atoms with Gasteiger partial charge in [-0.3, -0.25) is 5.10 Å². The average Bonchev–Trinajstić information content (AvgIpc) is 2.95. The van der Waals surface area contributed by atoms with E-state index in [1.165, 1.54) is 0 Å². The normalized spacial score (nSPS) is 25.0. The summed E-state index contributed by atoms with van der Waals surface area (Å²) in [6.07, 6.45) is 5.33. The van der Waals surface area contributed by atoms with Crippen molar-refractivity contribution >= 4 is 21.6 Å². The van der Waals surface area contributed by atoms with Crippen LogP contribution in [0.3, 0.4) is 0 Å². The smallest absolute Gasteiger partial charge is 0.243 e. The van der Waals surface area contributed by atoms with E-state index in [1.54, 1.807) is 28.6 Å². The van der Waals surface area contributed by atoms with Gasteiger partial charge >= 0.3 is 0 Å². The van der Waals surface area contributed by atoms with Gasteiger partial charge in [-0.2, -0.15) is 9.40 Å². The van der Waals surface area contributed by atoms with Gasteiger partial charge in [0.05, 0.1) is 22.8 Å². The molecule has 2 atom stereocenters. The highest BCUT2D eigenvalue weighted by Gasteiger charge is 2.45. The Kier molecular flexibility index (Phi) is 3.29. The fourth-order valence-electron chi connectivity index (χ4n) is 3.64. The Hall–Kier alpha value is -1.37. The van der Waals surface area contributed by atoms with Crippen LogP contribution in [-0.4, -0.2) is 29.0 Å². The number of hydrogen-bond donors (Lipinski definition) is 1. The van der Waals surface area contributed by atoms with Gasteiger partial charge in [0.2, 0.25) is 10.0 Å². The summed E-state index contributed by atoms with van der Waals surface area (Å²) in [6.45, 7) is 0. The van der Waals surface area contributed by atoms with Crippen LogP contribution in [0.2, 0.25) is 5.02 Å². The Balaban J connectivity index is 1.80. The van der Waals surface area contributed by atoms with Crippen LogP contribution in [0, 0.1) is 0 Å². The van der Waals surface area contributed by atoms with E-state index in [0.717, 1.165) is 36.9 Å². The number of H-pyrrole nitrogens is 1. The maximum Gasteiger partial charge on any atom is 0.243 e. The van der Waals surface area contributed by atoms with Crippen molar-refractivity contribution in [1.82, 2.24) is 14.5 Å². The maximum atomic E-state index is 13.1. The van der Waals surface area contributed by atoms with Gasteiger partial charge < -0.3 is 0 Å². The van der Waals surface area contributed by atoms with Gasteiger partial charge in [0.25, 0.3) is 0 Å². The second-order valence-corrected chi connectivity index (χ2v) is 8.18. The molecule has 0 aliphatic carbocycles. The first-order chi connectivity index (χ1) is 10.6. The van der Waals surface area contributed by atoms with E-state index in [0.29, 0.717) is 9.92 Å². The van der Waals surface area contributed by atoms with Gasteiger partial charge in [-0.05, 0) is 55.5 Å². The number of aromatic amines is 1. The highest BCUT2D eigenvalue weighted by Crippen LogP contribution is 2.43. The largest absolute Gasteiger partial charge is 0.281 e. The molecular weight excluding hydrogens is 322 g/mol. The molecule has 1 aromatic heterocycles. The first kappa shape index (κ1) is 14.2. The van der Waals surface area contributed by atoms with Crippen LogP contribution in [0.15, 0.2) is 35.4 Å². The first-order valence-corrected chi connectivity index (χ1v) is 9.20. The predicted molar refractivity (Wildman–Crippen MR) is 83.1 cm³/mol. The van der Waals surface area contributed by atoms with E-state index in [9.17, 15) is 8.42 Å².